The van der Waals surface area contributed by atoms with E-state index in [0.29, 0.717) is 5.41 Å². The van der Waals surface area contributed by atoms with Crippen LogP contribution in [0.15, 0.2) is 0 Å². The lowest BCUT2D eigenvalue weighted by Gasteiger charge is -2.23. The monoisotopic (exact) mass is 202 g/mol. The molecule has 0 aromatic rings. The van der Waals surface area contributed by atoms with Crippen LogP contribution in [0, 0.1) is 5.41 Å². The molecule has 0 radical (unpaired) electrons. The summed E-state index contributed by atoms with van der Waals surface area (Å²) in [7, 11) is 3.75. The number of nitrogens with one attached hydrogen (secondary N) is 2. The van der Waals surface area contributed by atoms with Crippen molar-refractivity contribution in [2.75, 3.05) is 27.2 Å². The number of rotatable bonds is 2. The highest BCUT2D eigenvalue weighted by atomic mass is 14.9. The summed E-state index contributed by atoms with van der Waals surface area (Å²) in [5, 5.41) is 6.16. The predicted octanol–water partition coefficient (Wildman–Crippen LogP) is 2.65. The van der Waals surface area contributed by atoms with Crippen LogP contribution in [0.5, 0.6) is 0 Å². The third-order valence-electron chi connectivity index (χ3n) is 2.83. The lowest BCUT2D eigenvalue weighted by atomic mass is 9.82. The summed E-state index contributed by atoms with van der Waals surface area (Å²) in [4.78, 5) is 0. The van der Waals surface area contributed by atoms with Crippen molar-refractivity contribution < 1.29 is 0 Å². The molecule has 14 heavy (non-hydrogen) atoms. The Balaban J connectivity index is 0. The van der Waals surface area contributed by atoms with Crippen molar-refractivity contribution in [3.63, 3.8) is 0 Å². The van der Waals surface area contributed by atoms with Crippen LogP contribution in [0.2, 0.25) is 0 Å². The van der Waals surface area contributed by atoms with E-state index in [4.69, 9.17) is 0 Å². The molecule has 0 aromatic carbocycles. The summed E-state index contributed by atoms with van der Waals surface area (Å²) in [6, 6.07) is 0. The molecule has 2 nitrogen and oxygen atoms in total. The summed E-state index contributed by atoms with van der Waals surface area (Å²) in [5.41, 5.74) is 0.667. The van der Waals surface area contributed by atoms with Gasteiger partial charge in [-0.15, -0.1) is 0 Å². The molecule has 1 heterocycles. The van der Waals surface area contributed by atoms with Gasteiger partial charge in [0, 0.05) is 6.54 Å². The van der Waals surface area contributed by atoms with Gasteiger partial charge in [0.1, 0.15) is 0 Å². The summed E-state index contributed by atoms with van der Waals surface area (Å²) in [6.07, 6.45) is 4.08. The topological polar surface area (TPSA) is 24.1 Å². The lowest BCUT2D eigenvalue weighted by Crippen LogP contribution is -2.21. The van der Waals surface area contributed by atoms with E-state index in [1.165, 1.54) is 32.4 Å². The van der Waals surface area contributed by atoms with Gasteiger partial charge >= 0.3 is 0 Å². The first-order chi connectivity index (χ1) is 6.74. The fraction of sp³-hybridized carbons (Fsp3) is 1.00. The molecule has 1 aliphatic rings. The fourth-order valence-electron chi connectivity index (χ4n) is 1.65. The van der Waals surface area contributed by atoms with Crippen molar-refractivity contribution in [1.29, 1.82) is 0 Å². The Hall–Kier alpha value is -0.0800. The van der Waals surface area contributed by atoms with Gasteiger partial charge in [-0.1, -0.05) is 27.7 Å². The van der Waals surface area contributed by atoms with Gasteiger partial charge in [0.2, 0.25) is 0 Å². The zero-order valence-electron chi connectivity index (χ0n) is 11.0. The first-order valence-corrected chi connectivity index (χ1v) is 6.04. The minimum atomic E-state index is 0.667. The number of hydrogen-bond donors (Lipinski definition) is 2. The molecule has 0 atom stereocenters. The minimum absolute atomic E-state index is 0.667. The third kappa shape index (κ3) is 6.39. The lowest BCUT2D eigenvalue weighted by molar-refractivity contribution is 0.297. The molecule has 1 saturated heterocycles. The van der Waals surface area contributed by atoms with Crippen molar-refractivity contribution in [3.05, 3.63) is 0 Å². The zero-order valence-corrected chi connectivity index (χ0v) is 11.0. The van der Waals surface area contributed by atoms with Gasteiger partial charge in [0.25, 0.3) is 0 Å². The molecule has 2 N–H and O–H groups in total. The van der Waals surface area contributed by atoms with E-state index in [1.54, 1.807) is 0 Å². The van der Waals surface area contributed by atoms with Gasteiger partial charge in [0.15, 0.2) is 0 Å². The van der Waals surface area contributed by atoms with E-state index in [-0.39, 0.29) is 0 Å². The Morgan fingerprint density at radius 1 is 1.14 bits per heavy atom. The Labute approximate surface area is 90.9 Å². The largest absolute Gasteiger partial charge is 0.323 e. The van der Waals surface area contributed by atoms with Crippen molar-refractivity contribution in [2.24, 2.45) is 5.41 Å². The normalized spacial score (nSPS) is 17.6. The molecule has 1 aliphatic heterocycles. The van der Waals surface area contributed by atoms with Crippen molar-refractivity contribution in [2.45, 2.75) is 47.0 Å². The second-order valence-electron chi connectivity index (χ2n) is 3.63. The summed E-state index contributed by atoms with van der Waals surface area (Å²) in [5.74, 6) is 0. The van der Waals surface area contributed by atoms with Gasteiger partial charge in [-0.2, -0.15) is 0 Å². The molecular formula is C12H30N2. The van der Waals surface area contributed by atoms with E-state index in [1.807, 2.05) is 27.9 Å². The molecular weight excluding hydrogens is 172 g/mol. The van der Waals surface area contributed by atoms with E-state index >= 15 is 0 Å². The first-order valence-electron chi connectivity index (χ1n) is 6.04. The Morgan fingerprint density at radius 3 is 1.71 bits per heavy atom. The second-order valence-corrected chi connectivity index (χ2v) is 3.63. The third-order valence-corrected chi connectivity index (χ3v) is 2.83. The molecule has 1 fully saturated rings. The summed E-state index contributed by atoms with van der Waals surface area (Å²) >= 11 is 0. The molecule has 0 aliphatic carbocycles. The number of hydrogen-bond acceptors (Lipinski definition) is 2. The second kappa shape index (κ2) is 11.0. The van der Waals surface area contributed by atoms with Crippen LogP contribution in [0.1, 0.15) is 47.0 Å². The van der Waals surface area contributed by atoms with Crippen molar-refractivity contribution in [3.8, 4) is 0 Å². The molecule has 1 rings (SSSR count). The highest BCUT2D eigenvalue weighted by Crippen LogP contribution is 2.32. The quantitative estimate of drug-likeness (QED) is 0.719. The van der Waals surface area contributed by atoms with Crippen LogP contribution in [-0.4, -0.2) is 27.2 Å². The van der Waals surface area contributed by atoms with E-state index < -0.39 is 0 Å². The summed E-state index contributed by atoms with van der Waals surface area (Å²) < 4.78 is 0. The maximum Gasteiger partial charge on any atom is 0.000808 e. The molecule has 0 spiro atoms. The zero-order chi connectivity index (χ0) is 11.4. The van der Waals surface area contributed by atoms with Gasteiger partial charge in [-0.3, -0.25) is 0 Å². The van der Waals surface area contributed by atoms with Gasteiger partial charge in [0.05, 0.1) is 0 Å². The maximum absolute atomic E-state index is 3.42. The van der Waals surface area contributed by atoms with Crippen molar-refractivity contribution in [1.82, 2.24) is 10.6 Å². The molecule has 2 heteroatoms. The predicted molar refractivity (Wildman–Crippen MR) is 66.8 cm³/mol. The Morgan fingerprint density at radius 2 is 1.57 bits per heavy atom. The van der Waals surface area contributed by atoms with Crippen LogP contribution >= 0.6 is 0 Å². The molecule has 0 saturated carbocycles. The van der Waals surface area contributed by atoms with Crippen LogP contribution in [0.25, 0.3) is 0 Å². The van der Waals surface area contributed by atoms with Gasteiger partial charge in [-0.05, 0) is 45.3 Å². The van der Waals surface area contributed by atoms with Crippen LogP contribution < -0.4 is 10.6 Å². The van der Waals surface area contributed by atoms with E-state index in [9.17, 15) is 0 Å². The SMILES string of the molecule is CC.CCC1(CC)CCNC1.CNC. The Kier molecular flexibility index (Phi) is 12.8. The molecule has 0 bridgehead atoms. The van der Waals surface area contributed by atoms with Crippen molar-refractivity contribution >= 4 is 0 Å². The molecule has 0 aromatic heterocycles. The fourth-order valence-corrected chi connectivity index (χ4v) is 1.65. The molecule has 0 amide bonds. The standard InChI is InChI=1S/C8H17N.C2H7N.C2H6/c1-3-8(4-2)5-6-9-7-8;1-3-2;1-2/h9H,3-7H2,1-2H3;3H,1-2H3;1-2H3. The maximum atomic E-state index is 3.42. The molecule has 0 unspecified atom stereocenters. The smallest absolute Gasteiger partial charge is 0.000808 e. The van der Waals surface area contributed by atoms with E-state index in [2.05, 4.69) is 24.5 Å². The summed E-state index contributed by atoms with van der Waals surface area (Å²) in [6.45, 7) is 11.1. The molecule has 88 valence electrons. The minimum Gasteiger partial charge on any atom is -0.323 e. The van der Waals surface area contributed by atoms with Gasteiger partial charge < -0.3 is 10.6 Å². The van der Waals surface area contributed by atoms with Crippen LogP contribution in [0.3, 0.4) is 0 Å². The van der Waals surface area contributed by atoms with E-state index in [0.717, 1.165) is 0 Å². The average molecular weight is 202 g/mol. The highest BCUT2D eigenvalue weighted by Gasteiger charge is 2.29. The van der Waals surface area contributed by atoms with Crippen LogP contribution in [0.4, 0.5) is 0 Å². The van der Waals surface area contributed by atoms with Crippen LogP contribution in [-0.2, 0) is 0 Å². The Bertz CT molecular complexity index is 90.5. The highest BCUT2D eigenvalue weighted by molar-refractivity contribution is 4.84. The average Bonchev–Trinajstić information content (AvgIpc) is 2.71. The first kappa shape index (κ1) is 16.4. The van der Waals surface area contributed by atoms with Gasteiger partial charge in [-0.25, -0.2) is 0 Å².